The molecule has 0 bridgehead atoms. The molecule has 0 saturated heterocycles. The summed E-state index contributed by atoms with van der Waals surface area (Å²) in [4.78, 5) is 11.5. The van der Waals surface area contributed by atoms with Crippen LogP contribution in [0.25, 0.3) is 16.5 Å². The zero-order valence-corrected chi connectivity index (χ0v) is 12.1. The maximum absolute atomic E-state index is 11.5. The summed E-state index contributed by atoms with van der Waals surface area (Å²) in [5.74, 6) is 0.515. The molecule has 0 aliphatic carbocycles. The highest BCUT2D eigenvalue weighted by atomic mass is 35.5. The molecule has 6 heteroatoms. The Balaban J connectivity index is 2.45. The Morgan fingerprint density at radius 1 is 1.29 bits per heavy atom. The molecule has 0 radical (unpaired) electrons. The van der Waals surface area contributed by atoms with Gasteiger partial charge in [0.25, 0.3) is 0 Å². The molecule has 1 aromatic carbocycles. The second-order valence-corrected chi connectivity index (χ2v) is 5.57. The average molecular weight is 306 g/mol. The molecular formula is C15H12ClNO4. The van der Waals surface area contributed by atoms with Crippen LogP contribution in [0.1, 0.15) is 19.4 Å². The fourth-order valence-electron chi connectivity index (χ4n) is 2.39. The van der Waals surface area contributed by atoms with Crippen molar-refractivity contribution in [2.45, 2.75) is 19.4 Å². The number of rotatable bonds is 1. The number of benzene rings is 1. The Morgan fingerprint density at radius 3 is 2.71 bits per heavy atom. The van der Waals surface area contributed by atoms with Crippen molar-refractivity contribution in [2.75, 3.05) is 0 Å². The molecule has 1 N–H and O–H groups in total. The molecule has 1 aliphatic heterocycles. The highest BCUT2D eigenvalue weighted by Gasteiger charge is 2.35. The second-order valence-electron chi connectivity index (χ2n) is 5.20. The smallest absolute Gasteiger partial charge is 0.336 e. The number of ether oxygens (including phenoxy) is 1. The molecule has 0 fully saturated rings. The number of nitrogens with zero attached hydrogens (tertiary/aromatic N) is 1. The van der Waals surface area contributed by atoms with E-state index in [0.717, 1.165) is 5.39 Å². The summed E-state index contributed by atoms with van der Waals surface area (Å²) in [6.45, 7) is 3.60. The van der Waals surface area contributed by atoms with Gasteiger partial charge < -0.3 is 14.4 Å². The van der Waals surface area contributed by atoms with Gasteiger partial charge >= 0.3 is 5.63 Å². The first kappa shape index (κ1) is 13.7. The van der Waals surface area contributed by atoms with Crippen LogP contribution in [0.5, 0.6) is 5.75 Å². The first-order valence-electron chi connectivity index (χ1n) is 6.28. The van der Waals surface area contributed by atoms with E-state index in [4.69, 9.17) is 26.0 Å². The normalized spacial score (nSPS) is 17.1. The standard InChI is InChI=1S/C15H12ClNO4/c1-15(2)14(16)9(7-17-19)12-10(21-15)5-3-8-4-6-11(18)20-13(8)12/h3-7,19H,1-2H3/b17-7+. The van der Waals surface area contributed by atoms with E-state index < -0.39 is 11.2 Å². The summed E-state index contributed by atoms with van der Waals surface area (Å²) in [5, 5.41) is 13.1. The van der Waals surface area contributed by atoms with Gasteiger partial charge in [-0.15, -0.1) is 0 Å². The van der Waals surface area contributed by atoms with E-state index in [0.29, 0.717) is 27.5 Å². The van der Waals surface area contributed by atoms with E-state index in [1.165, 1.54) is 12.3 Å². The quantitative estimate of drug-likeness (QED) is 0.379. The zero-order valence-electron chi connectivity index (χ0n) is 11.4. The number of hydrogen-bond acceptors (Lipinski definition) is 5. The Morgan fingerprint density at radius 2 is 2.00 bits per heavy atom. The van der Waals surface area contributed by atoms with Crippen molar-refractivity contribution in [3.8, 4) is 5.75 Å². The molecule has 0 amide bonds. The number of allylic oxidation sites excluding steroid dienone is 1. The van der Waals surface area contributed by atoms with Gasteiger partial charge in [0, 0.05) is 17.0 Å². The fraction of sp³-hybridized carbons (Fsp3) is 0.200. The molecule has 0 spiro atoms. The van der Waals surface area contributed by atoms with Gasteiger partial charge in [-0.2, -0.15) is 0 Å². The SMILES string of the molecule is CC1(C)Oc2ccc3ccc(=O)oc3c2C(/C=N/O)=C1Cl. The van der Waals surface area contributed by atoms with Crippen LogP contribution in [-0.4, -0.2) is 17.0 Å². The van der Waals surface area contributed by atoms with Crippen LogP contribution in [0, 0.1) is 0 Å². The summed E-state index contributed by atoms with van der Waals surface area (Å²) in [5.41, 5.74) is 0.0757. The minimum Gasteiger partial charge on any atom is -0.481 e. The largest absolute Gasteiger partial charge is 0.481 e. The van der Waals surface area contributed by atoms with Gasteiger partial charge in [0.15, 0.2) is 0 Å². The molecule has 0 atom stereocenters. The molecule has 0 saturated carbocycles. The molecular weight excluding hydrogens is 294 g/mol. The first-order chi connectivity index (χ1) is 9.94. The van der Waals surface area contributed by atoms with Crippen LogP contribution >= 0.6 is 11.6 Å². The molecule has 0 unspecified atom stereocenters. The van der Waals surface area contributed by atoms with Gasteiger partial charge in [-0.25, -0.2) is 4.79 Å². The van der Waals surface area contributed by atoms with Crippen molar-refractivity contribution in [2.24, 2.45) is 5.16 Å². The number of oxime groups is 1. The number of hydrogen-bond donors (Lipinski definition) is 1. The van der Waals surface area contributed by atoms with Crippen molar-refractivity contribution in [1.29, 1.82) is 0 Å². The average Bonchev–Trinajstić information content (AvgIpc) is 2.43. The van der Waals surface area contributed by atoms with Gasteiger partial charge in [0.2, 0.25) is 0 Å². The number of fused-ring (bicyclic) bond motifs is 3. The van der Waals surface area contributed by atoms with E-state index >= 15 is 0 Å². The Kier molecular flexibility index (Phi) is 3.02. The van der Waals surface area contributed by atoms with Crippen molar-refractivity contribution in [3.63, 3.8) is 0 Å². The Bertz CT molecular complexity index is 848. The molecule has 3 rings (SSSR count). The molecule has 5 nitrogen and oxygen atoms in total. The van der Waals surface area contributed by atoms with Crippen LogP contribution in [0.4, 0.5) is 0 Å². The highest BCUT2D eigenvalue weighted by molar-refractivity contribution is 6.39. The predicted octanol–water partition coefficient (Wildman–Crippen LogP) is 3.37. The minimum atomic E-state index is -0.770. The summed E-state index contributed by atoms with van der Waals surface area (Å²) >= 11 is 6.35. The summed E-state index contributed by atoms with van der Waals surface area (Å²) in [6.07, 6.45) is 1.22. The summed E-state index contributed by atoms with van der Waals surface area (Å²) in [7, 11) is 0. The van der Waals surface area contributed by atoms with E-state index in [1.807, 2.05) is 0 Å². The lowest BCUT2D eigenvalue weighted by atomic mass is 9.93. The van der Waals surface area contributed by atoms with E-state index in [1.54, 1.807) is 32.0 Å². The third-order valence-corrected chi connectivity index (χ3v) is 4.00. The lowest BCUT2D eigenvalue weighted by Crippen LogP contribution is -2.33. The van der Waals surface area contributed by atoms with Gasteiger partial charge in [0.05, 0.1) is 16.8 Å². The van der Waals surface area contributed by atoms with Crippen LogP contribution < -0.4 is 10.4 Å². The topological polar surface area (TPSA) is 72.0 Å². The van der Waals surface area contributed by atoms with Crippen molar-refractivity contribution >= 4 is 34.4 Å². The maximum atomic E-state index is 11.5. The second kappa shape index (κ2) is 4.63. The minimum absolute atomic E-state index is 0.351. The molecule has 2 aromatic rings. The fourth-order valence-corrected chi connectivity index (χ4v) is 2.57. The van der Waals surface area contributed by atoms with Crippen LogP contribution in [0.2, 0.25) is 0 Å². The van der Waals surface area contributed by atoms with Gasteiger partial charge in [-0.05, 0) is 32.0 Å². The molecule has 21 heavy (non-hydrogen) atoms. The van der Waals surface area contributed by atoms with Crippen LogP contribution in [0.15, 0.2) is 43.7 Å². The predicted molar refractivity (Wildman–Crippen MR) is 80.2 cm³/mol. The van der Waals surface area contributed by atoms with Gasteiger partial charge in [0.1, 0.15) is 16.9 Å². The molecule has 1 aliphatic rings. The molecule has 2 heterocycles. The summed E-state index contributed by atoms with van der Waals surface area (Å²) < 4.78 is 11.1. The van der Waals surface area contributed by atoms with Crippen molar-refractivity contribution in [1.82, 2.24) is 0 Å². The zero-order chi connectivity index (χ0) is 15.2. The Hall–Kier alpha value is -2.27. The highest BCUT2D eigenvalue weighted by Crippen LogP contribution is 2.44. The van der Waals surface area contributed by atoms with Gasteiger partial charge in [-0.1, -0.05) is 16.8 Å². The third-order valence-electron chi connectivity index (χ3n) is 3.34. The van der Waals surface area contributed by atoms with E-state index in [9.17, 15) is 4.79 Å². The maximum Gasteiger partial charge on any atom is 0.336 e. The Labute approximate surface area is 125 Å². The van der Waals surface area contributed by atoms with Crippen molar-refractivity contribution < 1.29 is 14.4 Å². The monoisotopic (exact) mass is 305 g/mol. The molecule has 108 valence electrons. The van der Waals surface area contributed by atoms with Gasteiger partial charge in [-0.3, -0.25) is 0 Å². The molecule has 1 aromatic heterocycles. The first-order valence-corrected chi connectivity index (χ1v) is 6.66. The van der Waals surface area contributed by atoms with Crippen LogP contribution in [-0.2, 0) is 0 Å². The number of halogens is 1. The van der Waals surface area contributed by atoms with Crippen LogP contribution in [0.3, 0.4) is 0 Å². The van der Waals surface area contributed by atoms with E-state index in [2.05, 4.69) is 5.16 Å². The lowest BCUT2D eigenvalue weighted by molar-refractivity contribution is 0.153. The summed E-state index contributed by atoms with van der Waals surface area (Å²) in [6, 6.07) is 6.56. The van der Waals surface area contributed by atoms with E-state index in [-0.39, 0.29) is 0 Å². The third kappa shape index (κ3) is 2.10. The van der Waals surface area contributed by atoms with Crippen molar-refractivity contribution in [3.05, 3.63) is 45.3 Å². The lowest BCUT2D eigenvalue weighted by Gasteiger charge is -2.33.